The third-order valence-corrected chi connectivity index (χ3v) is 1.38. The van der Waals surface area contributed by atoms with E-state index in [4.69, 9.17) is 21.3 Å². The number of hydrogen-bond donors (Lipinski definition) is 3. The van der Waals surface area contributed by atoms with Gasteiger partial charge in [0, 0.05) is 0 Å². The average molecular weight is 209 g/mol. The third-order valence-electron chi connectivity index (χ3n) is 1.38. The Kier molecular flexibility index (Phi) is 4.99. The molecule has 0 spiro atoms. The summed E-state index contributed by atoms with van der Waals surface area (Å²) in [7, 11) is 0. The molecule has 0 heterocycles. The topological polar surface area (TPSA) is 135 Å². The highest BCUT2D eigenvalue weighted by molar-refractivity contribution is 5.91. The lowest BCUT2D eigenvalue weighted by molar-refractivity contribution is 0.0681. The normalized spacial score (nSPS) is 8.00. The van der Waals surface area contributed by atoms with Gasteiger partial charge in [-0.25, -0.2) is 9.59 Å². The lowest BCUT2D eigenvalue weighted by Crippen LogP contribution is -1.99. The van der Waals surface area contributed by atoms with Crippen LogP contribution in [-0.4, -0.2) is 22.2 Å². The van der Waals surface area contributed by atoms with Crippen molar-refractivity contribution in [3.05, 3.63) is 45.8 Å². The highest BCUT2D eigenvalue weighted by atomic mass is 16.4. The van der Waals surface area contributed by atoms with Gasteiger partial charge in [0.15, 0.2) is 0 Å². The number of aromatic carboxylic acids is 2. The van der Waals surface area contributed by atoms with E-state index in [0.29, 0.717) is 0 Å². The Balaban J connectivity index is 0.000000583. The van der Waals surface area contributed by atoms with Crippen LogP contribution in [0.4, 0.5) is 0 Å². The summed E-state index contributed by atoms with van der Waals surface area (Å²) in [5.41, 5.74) is 12.4. The number of carbonyl (C=O) groups is 2. The smallest absolute Gasteiger partial charge is 0.335 e. The number of hydrogen-bond acceptors (Lipinski definition) is 3. The predicted octanol–water partition coefficient (Wildman–Crippen LogP) is 1.96. The van der Waals surface area contributed by atoms with Crippen LogP contribution in [-0.2, 0) is 0 Å². The molecular weight excluding hydrogens is 202 g/mol. The molecule has 0 radical (unpaired) electrons. The van der Waals surface area contributed by atoms with Gasteiger partial charge >= 0.3 is 11.9 Å². The van der Waals surface area contributed by atoms with Gasteiger partial charge < -0.3 is 10.2 Å². The number of rotatable bonds is 2. The average Bonchev–Trinajstić information content (AvgIpc) is 2.19. The minimum absolute atomic E-state index is 0.0833. The lowest BCUT2D eigenvalue weighted by Gasteiger charge is -1.94. The largest absolute Gasteiger partial charge is 0.478 e. The molecule has 0 aliphatic rings. The van der Waals surface area contributed by atoms with E-state index >= 15 is 0 Å². The maximum absolute atomic E-state index is 10.3. The molecule has 78 valence electrons. The van der Waals surface area contributed by atoms with Crippen molar-refractivity contribution in [2.75, 3.05) is 0 Å². The Morgan fingerprint density at radius 2 is 1.27 bits per heavy atom. The number of carboxylic acids is 2. The van der Waals surface area contributed by atoms with Crippen LogP contribution < -0.4 is 0 Å². The fraction of sp³-hybridized carbons (Fsp3) is 0. The molecule has 1 aromatic carbocycles. The molecule has 15 heavy (non-hydrogen) atoms. The Labute approximate surface area is 84.0 Å². The van der Waals surface area contributed by atoms with Crippen molar-refractivity contribution in [2.45, 2.75) is 0 Å². The molecule has 0 fully saturated rings. The molecule has 0 amide bonds. The molecule has 0 saturated heterocycles. The van der Waals surface area contributed by atoms with Crippen molar-refractivity contribution in [3.8, 4) is 0 Å². The first-order valence-corrected chi connectivity index (χ1v) is 3.60. The van der Waals surface area contributed by atoms with Crippen LogP contribution in [0.25, 0.3) is 10.4 Å². The molecule has 1 rings (SSSR count). The van der Waals surface area contributed by atoms with E-state index in [1.807, 2.05) is 0 Å². The quantitative estimate of drug-likeness (QED) is 0.389. The number of benzene rings is 1. The van der Waals surface area contributed by atoms with Crippen LogP contribution in [0, 0.1) is 5.53 Å². The number of carboxylic acid groups (broad SMARTS) is 2. The van der Waals surface area contributed by atoms with E-state index in [-0.39, 0.29) is 11.1 Å². The molecule has 7 heteroatoms. The number of nitrogens with zero attached hydrogens (tertiary/aromatic N) is 2. The summed E-state index contributed by atoms with van der Waals surface area (Å²) in [5, 5.41) is 16.9. The van der Waals surface area contributed by atoms with E-state index < -0.39 is 11.9 Å². The second-order valence-corrected chi connectivity index (χ2v) is 2.29. The first-order valence-electron chi connectivity index (χ1n) is 3.60. The van der Waals surface area contributed by atoms with Crippen LogP contribution in [0.1, 0.15) is 20.7 Å². The summed E-state index contributed by atoms with van der Waals surface area (Å²) < 4.78 is 0. The summed E-state index contributed by atoms with van der Waals surface area (Å²) in [4.78, 5) is 22.4. The van der Waals surface area contributed by atoms with Gasteiger partial charge in [-0.15, -0.1) is 5.53 Å². The van der Waals surface area contributed by atoms with Crippen LogP contribution in [0.2, 0.25) is 0 Å². The molecule has 0 saturated carbocycles. The summed E-state index contributed by atoms with van der Waals surface area (Å²) in [5.74, 6) is -2.13. The van der Waals surface area contributed by atoms with Gasteiger partial charge in [-0.3, -0.25) is 0 Å². The summed E-state index contributed by atoms with van der Waals surface area (Å²) in [6.07, 6.45) is 0. The fourth-order valence-corrected chi connectivity index (χ4v) is 0.755. The molecule has 0 unspecified atom stereocenters. The second-order valence-electron chi connectivity index (χ2n) is 2.29. The number of nitrogens with one attached hydrogen (secondary N) is 1. The summed E-state index contributed by atoms with van der Waals surface area (Å²) in [6, 6.07) is 5.02. The van der Waals surface area contributed by atoms with Gasteiger partial charge in [0.05, 0.1) is 11.1 Å². The summed E-state index contributed by atoms with van der Waals surface area (Å²) >= 11 is 0. The minimum Gasteiger partial charge on any atom is -0.478 e. The van der Waals surface area contributed by atoms with Gasteiger partial charge in [0.1, 0.15) is 0 Å². The van der Waals surface area contributed by atoms with E-state index in [9.17, 15) is 9.59 Å². The molecule has 0 aliphatic heterocycles. The third kappa shape index (κ3) is 4.30. The Bertz CT molecular complexity index is 360. The highest BCUT2D eigenvalue weighted by Crippen LogP contribution is 2.03. The van der Waals surface area contributed by atoms with Crippen molar-refractivity contribution >= 4 is 11.9 Å². The first kappa shape index (κ1) is 12.5. The molecular formula is C8H7N3O4. The van der Waals surface area contributed by atoms with E-state index in [2.05, 4.69) is 0 Å². The maximum atomic E-state index is 10.3. The second kappa shape index (κ2) is 6.01. The van der Waals surface area contributed by atoms with Crippen LogP contribution in [0.5, 0.6) is 0 Å². The van der Waals surface area contributed by atoms with Gasteiger partial charge in [-0.05, 0) is 34.7 Å². The lowest BCUT2D eigenvalue weighted by atomic mass is 10.1. The van der Waals surface area contributed by atoms with Crippen LogP contribution >= 0.6 is 0 Å². The van der Waals surface area contributed by atoms with E-state index in [1.54, 1.807) is 4.91 Å². The maximum Gasteiger partial charge on any atom is 0.335 e. The molecule has 3 N–H and O–H groups in total. The first-order chi connectivity index (χ1) is 7.02. The zero-order valence-electron chi connectivity index (χ0n) is 7.41. The van der Waals surface area contributed by atoms with Gasteiger partial charge in [-0.2, -0.15) is 0 Å². The van der Waals surface area contributed by atoms with E-state index in [0.717, 1.165) is 0 Å². The Morgan fingerprint density at radius 1 is 1.07 bits per heavy atom. The van der Waals surface area contributed by atoms with Crippen molar-refractivity contribution in [2.24, 2.45) is 0 Å². The molecule has 0 aliphatic carbocycles. The molecule has 0 atom stereocenters. The van der Waals surface area contributed by atoms with Crippen molar-refractivity contribution in [1.29, 1.82) is 5.53 Å². The molecule has 7 nitrogen and oxygen atoms in total. The van der Waals surface area contributed by atoms with Crippen LogP contribution in [0.15, 0.2) is 24.3 Å². The zero-order valence-corrected chi connectivity index (χ0v) is 7.41. The minimum atomic E-state index is -1.06. The standard InChI is InChI=1S/C8H6O4.HN3/c9-7(10)5-1-2-6(4-3-5)8(11)12;1-3-2/h1-4H,(H,9,10)(H,11,12);1H. The Hall–Kier alpha value is -2.53. The Morgan fingerprint density at radius 3 is 1.40 bits per heavy atom. The molecule has 1 aromatic rings. The SMILES string of the molecule is O=C(O)c1ccc(C(=O)O)cc1.[N-]=[N+]=N. The molecule has 0 aromatic heterocycles. The van der Waals surface area contributed by atoms with Gasteiger partial charge in [0.25, 0.3) is 0 Å². The fourth-order valence-electron chi connectivity index (χ4n) is 0.755. The van der Waals surface area contributed by atoms with E-state index in [1.165, 1.54) is 24.3 Å². The molecule has 0 bridgehead atoms. The summed E-state index contributed by atoms with van der Waals surface area (Å²) in [6.45, 7) is 0. The van der Waals surface area contributed by atoms with Crippen LogP contribution in [0.3, 0.4) is 0 Å². The van der Waals surface area contributed by atoms with Crippen molar-refractivity contribution < 1.29 is 19.8 Å². The van der Waals surface area contributed by atoms with Gasteiger partial charge in [-0.1, -0.05) is 0 Å². The monoisotopic (exact) mass is 209 g/mol. The highest BCUT2D eigenvalue weighted by Gasteiger charge is 2.04. The van der Waals surface area contributed by atoms with Gasteiger partial charge in [0.2, 0.25) is 0 Å². The predicted molar refractivity (Wildman–Crippen MR) is 49.8 cm³/mol. The zero-order chi connectivity index (χ0) is 11.8. The van der Waals surface area contributed by atoms with Crippen molar-refractivity contribution in [3.63, 3.8) is 0 Å². The van der Waals surface area contributed by atoms with Crippen molar-refractivity contribution in [1.82, 2.24) is 0 Å².